The van der Waals surface area contributed by atoms with Gasteiger partial charge in [-0.2, -0.15) is 0 Å². The minimum Gasteiger partial charge on any atom is -0.478 e. The first-order valence-electron chi connectivity index (χ1n) is 14.0. The number of carboxylic acid groups (broad SMARTS) is 1. The SMILES string of the molecule is CC.CCC.CNCC(=O)NC(C(=O)N(C)C/C=C(\C)C(=O)O)C(C)(C)C.CNCc1cccc(C(C)C)c1. The van der Waals surface area contributed by atoms with Crippen molar-refractivity contribution in [3.8, 4) is 0 Å². The van der Waals surface area contributed by atoms with Crippen molar-refractivity contribution in [1.29, 1.82) is 0 Å². The van der Waals surface area contributed by atoms with Gasteiger partial charge in [0.15, 0.2) is 0 Å². The van der Waals surface area contributed by atoms with Gasteiger partial charge in [0.25, 0.3) is 0 Å². The Labute approximate surface area is 239 Å². The van der Waals surface area contributed by atoms with E-state index in [4.69, 9.17) is 5.11 Å². The highest BCUT2D eigenvalue weighted by atomic mass is 16.4. The summed E-state index contributed by atoms with van der Waals surface area (Å²) in [5, 5.41) is 17.4. The molecule has 0 fully saturated rings. The number of hydrogen-bond donors (Lipinski definition) is 4. The molecule has 0 aromatic heterocycles. The third-order valence-corrected chi connectivity index (χ3v) is 5.14. The summed E-state index contributed by atoms with van der Waals surface area (Å²) in [4.78, 5) is 36.4. The number of nitrogens with zero attached hydrogens (tertiary/aromatic N) is 1. The van der Waals surface area contributed by atoms with Gasteiger partial charge in [0.1, 0.15) is 6.04 Å². The third kappa shape index (κ3) is 19.9. The van der Waals surface area contributed by atoms with Crippen LogP contribution >= 0.6 is 0 Å². The van der Waals surface area contributed by atoms with Crippen molar-refractivity contribution < 1.29 is 19.5 Å². The first kappa shape index (κ1) is 40.8. The molecule has 0 aliphatic heterocycles. The van der Waals surface area contributed by atoms with Gasteiger partial charge in [-0.05, 0) is 43.5 Å². The maximum Gasteiger partial charge on any atom is 0.331 e. The summed E-state index contributed by atoms with van der Waals surface area (Å²) in [5.74, 6) is -0.912. The van der Waals surface area contributed by atoms with E-state index in [1.54, 1.807) is 14.1 Å². The van der Waals surface area contributed by atoms with Gasteiger partial charge in [0.05, 0.1) is 6.54 Å². The van der Waals surface area contributed by atoms with Crippen LogP contribution in [0.1, 0.15) is 92.7 Å². The molecule has 0 saturated heterocycles. The number of nitrogens with one attached hydrogen (secondary N) is 3. The van der Waals surface area contributed by atoms with E-state index in [0.29, 0.717) is 5.92 Å². The van der Waals surface area contributed by atoms with Gasteiger partial charge in [-0.1, -0.05) is 99.1 Å². The molecule has 0 bridgehead atoms. The molecule has 0 heterocycles. The number of carboxylic acids is 1. The van der Waals surface area contributed by atoms with Crippen LogP contribution < -0.4 is 16.0 Å². The molecule has 8 heteroatoms. The smallest absolute Gasteiger partial charge is 0.331 e. The Morgan fingerprint density at radius 1 is 1.05 bits per heavy atom. The third-order valence-electron chi connectivity index (χ3n) is 5.14. The molecule has 39 heavy (non-hydrogen) atoms. The number of hydrogen-bond acceptors (Lipinski definition) is 5. The average molecular weight is 551 g/mol. The van der Waals surface area contributed by atoms with Crippen LogP contribution in [0, 0.1) is 5.41 Å². The highest BCUT2D eigenvalue weighted by Crippen LogP contribution is 2.21. The fourth-order valence-corrected chi connectivity index (χ4v) is 2.96. The highest BCUT2D eigenvalue weighted by molar-refractivity contribution is 5.89. The number of aliphatic carboxylic acids is 1. The van der Waals surface area contributed by atoms with E-state index < -0.39 is 17.4 Å². The second-order valence-corrected chi connectivity index (χ2v) is 10.4. The summed E-state index contributed by atoms with van der Waals surface area (Å²) in [7, 11) is 5.21. The van der Waals surface area contributed by atoms with Crippen molar-refractivity contribution in [3.05, 3.63) is 47.0 Å². The maximum absolute atomic E-state index is 12.5. The monoisotopic (exact) mass is 550 g/mol. The number of amides is 2. The van der Waals surface area contributed by atoms with Crippen molar-refractivity contribution in [2.24, 2.45) is 5.41 Å². The van der Waals surface area contributed by atoms with Crippen LogP contribution in [0.2, 0.25) is 0 Å². The zero-order valence-corrected chi connectivity index (χ0v) is 27.0. The van der Waals surface area contributed by atoms with E-state index in [2.05, 4.69) is 67.9 Å². The summed E-state index contributed by atoms with van der Waals surface area (Å²) in [6.07, 6.45) is 2.72. The van der Waals surface area contributed by atoms with Crippen LogP contribution in [0.3, 0.4) is 0 Å². The number of likely N-dealkylation sites (N-methyl/N-ethyl adjacent to an activating group) is 2. The molecule has 1 aromatic rings. The standard InChI is InChI=1S/C15H27N3O4.C11H17N.C3H8.C2H6/c1-10(14(21)22)7-8-18(6)13(20)12(15(2,3)4)17-11(19)9-16-5;1-9(2)11-6-4-5-10(7-11)8-12-3;1-3-2;1-2/h7,12,16H,8-9H2,1-6H3,(H,17,19)(H,21,22);4-7,9,12H,8H2,1-3H3;3H2,1-2H3;1-2H3/b10-7+;;;. The van der Waals surface area contributed by atoms with Crippen LogP contribution in [-0.4, -0.2) is 68.1 Å². The maximum atomic E-state index is 12.5. The predicted octanol–water partition coefficient (Wildman–Crippen LogP) is 5.20. The lowest BCUT2D eigenvalue weighted by molar-refractivity contribution is -0.137. The fraction of sp³-hybridized carbons (Fsp3) is 0.645. The molecule has 2 amide bonds. The fourth-order valence-electron chi connectivity index (χ4n) is 2.96. The lowest BCUT2D eigenvalue weighted by atomic mass is 9.85. The Morgan fingerprint density at radius 3 is 2.00 bits per heavy atom. The lowest BCUT2D eigenvalue weighted by Gasteiger charge is -2.33. The first-order chi connectivity index (χ1) is 18.2. The minimum absolute atomic E-state index is 0.127. The Kier molecular flexibility index (Phi) is 24.3. The molecular weight excluding hydrogens is 492 g/mol. The summed E-state index contributed by atoms with van der Waals surface area (Å²) in [6, 6.07) is 8.05. The van der Waals surface area contributed by atoms with Crippen molar-refractivity contribution in [3.63, 3.8) is 0 Å². The van der Waals surface area contributed by atoms with Crippen LogP contribution in [0.15, 0.2) is 35.9 Å². The van der Waals surface area contributed by atoms with Crippen LogP contribution in [0.25, 0.3) is 0 Å². The van der Waals surface area contributed by atoms with Gasteiger partial charge in [0.2, 0.25) is 11.8 Å². The topological polar surface area (TPSA) is 111 Å². The van der Waals surface area contributed by atoms with E-state index in [-0.39, 0.29) is 30.5 Å². The van der Waals surface area contributed by atoms with Crippen molar-refractivity contribution in [1.82, 2.24) is 20.9 Å². The molecule has 0 radical (unpaired) electrons. The number of rotatable bonds is 10. The summed E-state index contributed by atoms with van der Waals surface area (Å²) in [6.45, 7) is 21.0. The van der Waals surface area contributed by atoms with Crippen LogP contribution in [-0.2, 0) is 20.9 Å². The molecule has 4 N–H and O–H groups in total. The number of benzene rings is 1. The molecule has 8 nitrogen and oxygen atoms in total. The molecule has 1 unspecified atom stereocenters. The molecular formula is C31H58N4O4. The van der Waals surface area contributed by atoms with E-state index in [0.717, 1.165) is 6.54 Å². The van der Waals surface area contributed by atoms with Gasteiger partial charge < -0.3 is 26.0 Å². The zero-order chi connectivity index (χ0) is 31.2. The van der Waals surface area contributed by atoms with Crippen molar-refractivity contribution >= 4 is 17.8 Å². The van der Waals surface area contributed by atoms with Gasteiger partial charge in [-0.3, -0.25) is 9.59 Å². The van der Waals surface area contributed by atoms with Crippen molar-refractivity contribution in [2.45, 2.75) is 94.2 Å². The molecule has 226 valence electrons. The molecule has 0 aliphatic carbocycles. The second-order valence-electron chi connectivity index (χ2n) is 10.4. The van der Waals surface area contributed by atoms with Gasteiger partial charge >= 0.3 is 5.97 Å². The van der Waals surface area contributed by atoms with Crippen LogP contribution in [0.4, 0.5) is 0 Å². The van der Waals surface area contributed by atoms with Gasteiger partial charge in [-0.25, -0.2) is 4.79 Å². The van der Waals surface area contributed by atoms with Gasteiger partial charge in [0, 0.05) is 25.7 Å². The largest absolute Gasteiger partial charge is 0.478 e. The zero-order valence-electron chi connectivity index (χ0n) is 27.0. The molecule has 1 atom stereocenters. The summed E-state index contributed by atoms with van der Waals surface area (Å²) in [5.41, 5.74) is 2.50. The van der Waals surface area contributed by atoms with E-state index >= 15 is 0 Å². The highest BCUT2D eigenvalue weighted by Gasteiger charge is 2.34. The normalized spacial score (nSPS) is 11.5. The minimum atomic E-state index is -1.02. The molecule has 0 spiro atoms. The second kappa shape index (κ2) is 23.2. The average Bonchev–Trinajstić information content (AvgIpc) is 2.87. The summed E-state index contributed by atoms with van der Waals surface area (Å²) >= 11 is 0. The number of carbonyl (C=O) groups is 3. The van der Waals surface area contributed by atoms with Crippen LogP contribution in [0.5, 0.6) is 0 Å². The lowest BCUT2D eigenvalue weighted by Crippen LogP contribution is -2.55. The quantitative estimate of drug-likeness (QED) is 0.298. The Bertz CT molecular complexity index is 845. The predicted molar refractivity (Wildman–Crippen MR) is 165 cm³/mol. The van der Waals surface area contributed by atoms with Crippen molar-refractivity contribution in [2.75, 3.05) is 34.2 Å². The first-order valence-corrected chi connectivity index (χ1v) is 14.0. The van der Waals surface area contributed by atoms with E-state index in [1.807, 2.05) is 41.7 Å². The molecule has 1 rings (SSSR count). The Hall–Kier alpha value is -2.71. The molecule has 0 aliphatic rings. The van der Waals surface area contributed by atoms with Gasteiger partial charge in [-0.15, -0.1) is 0 Å². The van der Waals surface area contributed by atoms with E-state index in [1.165, 1.54) is 35.4 Å². The van der Waals surface area contributed by atoms with E-state index in [9.17, 15) is 14.4 Å². The Morgan fingerprint density at radius 2 is 1.59 bits per heavy atom. The molecule has 0 saturated carbocycles. The number of carbonyl (C=O) groups excluding carboxylic acids is 2. The molecule has 1 aromatic carbocycles. The Balaban J connectivity index is -0.000000634. The summed E-state index contributed by atoms with van der Waals surface area (Å²) < 4.78 is 0.